The molecule has 204 valence electrons. The summed E-state index contributed by atoms with van der Waals surface area (Å²) < 4.78 is 26.3. The molecule has 1 amide bonds. The number of rotatable bonds is 8. The average molecular weight is 552 g/mol. The van der Waals surface area contributed by atoms with Gasteiger partial charge in [0.25, 0.3) is 5.91 Å². The summed E-state index contributed by atoms with van der Waals surface area (Å²) in [5.41, 5.74) is 8.52. The van der Waals surface area contributed by atoms with E-state index in [2.05, 4.69) is 32.1 Å². The van der Waals surface area contributed by atoms with E-state index >= 15 is 0 Å². The Hall–Kier alpha value is -4.03. The number of primary amides is 1. The van der Waals surface area contributed by atoms with Crippen molar-refractivity contribution in [2.75, 3.05) is 50.6 Å². The summed E-state index contributed by atoms with van der Waals surface area (Å²) in [7, 11) is 3.55. The van der Waals surface area contributed by atoms with E-state index in [1.54, 1.807) is 6.20 Å². The van der Waals surface area contributed by atoms with Crippen molar-refractivity contribution in [1.29, 1.82) is 0 Å². The second-order valence-corrected chi connectivity index (χ2v) is 10.6. The monoisotopic (exact) mass is 551 g/mol. The van der Waals surface area contributed by atoms with Gasteiger partial charge < -0.3 is 30.3 Å². The summed E-state index contributed by atoms with van der Waals surface area (Å²) in [4.78, 5) is 30.4. The molecule has 0 bridgehead atoms. The lowest BCUT2D eigenvalue weighted by atomic mass is 10.1. The lowest BCUT2D eigenvalue weighted by Crippen LogP contribution is -2.44. The Kier molecular flexibility index (Phi) is 7.49. The standard InChI is InChI=1S/C27H30FN7O3S/c1-15(2)38-20-12-17(35-9-7-34(3)8-10-35)5-6-19(20)32-27-31-14-21-23(33-27)22(24(39-21)25(29)36)18-11-16(28)13-30-26(18)37-4/h5-6,11-15H,7-10H2,1-4H3,(H2,29,36)(H,31,32,33). The van der Waals surface area contributed by atoms with Gasteiger partial charge >= 0.3 is 0 Å². The van der Waals surface area contributed by atoms with Gasteiger partial charge in [-0.3, -0.25) is 4.79 Å². The summed E-state index contributed by atoms with van der Waals surface area (Å²) in [6, 6.07) is 7.27. The molecule has 0 aliphatic carbocycles. The molecule has 1 saturated heterocycles. The molecular formula is C27H30FN7O3S. The predicted octanol–water partition coefficient (Wildman–Crippen LogP) is 4.28. The van der Waals surface area contributed by atoms with Crippen LogP contribution in [-0.2, 0) is 0 Å². The summed E-state index contributed by atoms with van der Waals surface area (Å²) in [5, 5.41) is 3.26. The zero-order valence-electron chi connectivity index (χ0n) is 22.2. The maximum absolute atomic E-state index is 14.2. The molecule has 0 spiro atoms. The van der Waals surface area contributed by atoms with E-state index in [0.717, 1.165) is 49.4 Å². The number of anilines is 3. The Morgan fingerprint density at radius 3 is 2.62 bits per heavy atom. The van der Waals surface area contributed by atoms with Crippen LogP contribution in [0.1, 0.15) is 23.5 Å². The van der Waals surface area contributed by atoms with Crippen LogP contribution in [-0.4, -0.2) is 72.2 Å². The van der Waals surface area contributed by atoms with Crippen molar-refractivity contribution in [2.24, 2.45) is 5.73 Å². The predicted molar refractivity (Wildman–Crippen MR) is 151 cm³/mol. The molecule has 12 heteroatoms. The first-order valence-corrected chi connectivity index (χ1v) is 13.4. The van der Waals surface area contributed by atoms with Crippen LogP contribution in [0.3, 0.4) is 0 Å². The van der Waals surface area contributed by atoms with Gasteiger partial charge in [-0.1, -0.05) is 0 Å². The van der Waals surface area contributed by atoms with Crippen LogP contribution in [0.5, 0.6) is 11.6 Å². The molecule has 39 heavy (non-hydrogen) atoms. The highest BCUT2D eigenvalue weighted by Crippen LogP contribution is 2.41. The molecule has 10 nitrogen and oxygen atoms in total. The largest absolute Gasteiger partial charge is 0.489 e. The average Bonchev–Trinajstić information content (AvgIpc) is 3.29. The molecule has 0 unspecified atom stereocenters. The van der Waals surface area contributed by atoms with Crippen molar-refractivity contribution >= 4 is 44.8 Å². The van der Waals surface area contributed by atoms with E-state index in [1.807, 2.05) is 32.0 Å². The van der Waals surface area contributed by atoms with Crippen LogP contribution >= 0.6 is 11.3 Å². The molecule has 1 fully saturated rings. The van der Waals surface area contributed by atoms with Crippen LogP contribution in [0.25, 0.3) is 21.3 Å². The van der Waals surface area contributed by atoms with E-state index in [-0.39, 0.29) is 28.4 Å². The number of pyridine rings is 1. The molecule has 3 N–H and O–H groups in total. The van der Waals surface area contributed by atoms with Gasteiger partial charge in [-0.05, 0) is 39.1 Å². The Labute approximate surface area is 229 Å². The fraction of sp³-hybridized carbons (Fsp3) is 0.333. The normalized spacial score (nSPS) is 14.2. The lowest BCUT2D eigenvalue weighted by Gasteiger charge is -2.34. The van der Waals surface area contributed by atoms with Crippen LogP contribution in [0.4, 0.5) is 21.7 Å². The number of nitrogens with two attached hydrogens (primary N) is 1. The van der Waals surface area contributed by atoms with E-state index < -0.39 is 11.7 Å². The number of nitrogens with one attached hydrogen (secondary N) is 1. The van der Waals surface area contributed by atoms with Crippen molar-refractivity contribution in [3.05, 3.63) is 47.4 Å². The zero-order valence-corrected chi connectivity index (χ0v) is 23.0. The van der Waals surface area contributed by atoms with Gasteiger partial charge in [0.05, 0.1) is 47.1 Å². The number of hydrogen-bond donors (Lipinski definition) is 2. The molecule has 1 aromatic carbocycles. The highest BCUT2D eigenvalue weighted by atomic mass is 32.1. The summed E-state index contributed by atoms with van der Waals surface area (Å²) >= 11 is 1.13. The quantitative estimate of drug-likeness (QED) is 0.331. The van der Waals surface area contributed by atoms with Crippen molar-refractivity contribution in [1.82, 2.24) is 19.9 Å². The molecule has 4 heterocycles. The minimum Gasteiger partial charge on any atom is -0.489 e. The van der Waals surface area contributed by atoms with Crippen molar-refractivity contribution in [3.8, 4) is 22.8 Å². The number of amides is 1. The molecular weight excluding hydrogens is 521 g/mol. The van der Waals surface area contributed by atoms with Gasteiger partial charge in [0, 0.05) is 43.5 Å². The van der Waals surface area contributed by atoms with Crippen LogP contribution in [0.2, 0.25) is 0 Å². The topological polar surface area (TPSA) is 119 Å². The van der Waals surface area contributed by atoms with Crippen molar-refractivity contribution in [2.45, 2.75) is 20.0 Å². The van der Waals surface area contributed by atoms with E-state index in [4.69, 9.17) is 20.2 Å². The molecule has 0 saturated carbocycles. The minimum atomic E-state index is -0.666. The van der Waals surface area contributed by atoms with Gasteiger partial charge in [-0.25, -0.2) is 19.3 Å². The van der Waals surface area contributed by atoms with Gasteiger partial charge in [0.15, 0.2) is 0 Å². The molecule has 3 aromatic heterocycles. The number of methoxy groups -OCH3 is 1. The van der Waals surface area contributed by atoms with E-state index in [0.29, 0.717) is 27.2 Å². The fourth-order valence-electron chi connectivity index (χ4n) is 4.49. The minimum absolute atomic E-state index is 0.0498. The first-order chi connectivity index (χ1) is 18.7. The number of aromatic nitrogens is 3. The molecule has 5 rings (SSSR count). The summed E-state index contributed by atoms with van der Waals surface area (Å²) in [6.07, 6.45) is 2.60. The van der Waals surface area contributed by atoms with Crippen LogP contribution in [0.15, 0.2) is 36.7 Å². The van der Waals surface area contributed by atoms with E-state index in [9.17, 15) is 9.18 Å². The third kappa shape index (κ3) is 5.57. The second kappa shape index (κ2) is 11.0. The van der Waals surface area contributed by atoms with Gasteiger partial charge in [-0.2, -0.15) is 0 Å². The Morgan fingerprint density at radius 2 is 1.92 bits per heavy atom. The van der Waals surface area contributed by atoms with Crippen molar-refractivity contribution < 1.29 is 18.7 Å². The van der Waals surface area contributed by atoms with Crippen LogP contribution in [0, 0.1) is 5.82 Å². The maximum atomic E-state index is 14.2. The smallest absolute Gasteiger partial charge is 0.259 e. The van der Waals surface area contributed by atoms with Crippen LogP contribution < -0.4 is 25.4 Å². The number of fused-ring (bicyclic) bond motifs is 1. The number of nitrogens with zero attached hydrogens (tertiary/aromatic N) is 5. The SMILES string of the molecule is COc1ncc(F)cc1-c1c(C(N)=O)sc2cnc(Nc3ccc(N4CCN(C)CC4)cc3OC(C)C)nc12. The van der Waals surface area contributed by atoms with Crippen molar-refractivity contribution in [3.63, 3.8) is 0 Å². The third-order valence-electron chi connectivity index (χ3n) is 6.38. The Bertz CT molecular complexity index is 1520. The number of benzene rings is 1. The molecule has 0 atom stereocenters. The molecule has 1 aliphatic rings. The Balaban J connectivity index is 1.55. The highest BCUT2D eigenvalue weighted by Gasteiger charge is 2.24. The number of carbonyl (C=O) groups is 1. The summed E-state index contributed by atoms with van der Waals surface area (Å²) in [5.74, 6) is -0.144. The Morgan fingerprint density at radius 1 is 1.15 bits per heavy atom. The number of piperazine rings is 1. The zero-order chi connectivity index (χ0) is 27.7. The van der Waals surface area contributed by atoms with Gasteiger partial charge in [-0.15, -0.1) is 11.3 Å². The van der Waals surface area contributed by atoms with E-state index in [1.165, 1.54) is 13.2 Å². The highest BCUT2D eigenvalue weighted by molar-refractivity contribution is 7.21. The fourth-order valence-corrected chi connectivity index (χ4v) is 5.47. The lowest BCUT2D eigenvalue weighted by molar-refractivity contribution is 0.100. The van der Waals surface area contributed by atoms with Gasteiger partial charge in [0.2, 0.25) is 11.8 Å². The second-order valence-electron chi connectivity index (χ2n) is 9.55. The first-order valence-electron chi connectivity index (χ1n) is 12.5. The number of halogens is 1. The number of hydrogen-bond acceptors (Lipinski definition) is 10. The number of ether oxygens (including phenoxy) is 2. The summed E-state index contributed by atoms with van der Waals surface area (Å²) in [6.45, 7) is 7.81. The number of thiophene rings is 1. The maximum Gasteiger partial charge on any atom is 0.259 e. The molecule has 4 aromatic rings. The number of likely N-dealkylation sites (N-methyl/N-ethyl adjacent to an activating group) is 1. The molecule has 0 radical (unpaired) electrons. The first kappa shape index (κ1) is 26.6. The van der Waals surface area contributed by atoms with Gasteiger partial charge in [0.1, 0.15) is 16.4 Å². The molecule has 1 aliphatic heterocycles. The third-order valence-corrected chi connectivity index (χ3v) is 7.51. The number of carbonyl (C=O) groups excluding carboxylic acids is 1.